The first kappa shape index (κ1) is 11.2. The van der Waals surface area contributed by atoms with Crippen molar-refractivity contribution in [3.8, 4) is 0 Å². The molecule has 4 heteroatoms. The third-order valence-corrected chi connectivity index (χ3v) is 2.90. The van der Waals surface area contributed by atoms with Gasteiger partial charge in [0.2, 0.25) is 0 Å². The molecule has 1 N–H and O–H groups in total. The number of aromatic amines is 1. The number of fused-ring (bicyclic) bond motifs is 1. The number of aryl methyl sites for hydroxylation is 1. The zero-order chi connectivity index (χ0) is 11.7. The van der Waals surface area contributed by atoms with Crippen LogP contribution in [0.25, 0.3) is 10.9 Å². The maximum atomic E-state index is 11.7. The minimum atomic E-state index is -0.286. The van der Waals surface area contributed by atoms with Gasteiger partial charge in [-0.1, -0.05) is 15.9 Å². The smallest absolute Gasteiger partial charge is 0.340 e. The second-order valence-corrected chi connectivity index (χ2v) is 4.48. The summed E-state index contributed by atoms with van der Waals surface area (Å²) < 4.78 is 5.96. The van der Waals surface area contributed by atoms with E-state index in [4.69, 9.17) is 4.74 Å². The molecule has 3 nitrogen and oxygen atoms in total. The molecule has 2 rings (SSSR count). The quantitative estimate of drug-likeness (QED) is 0.857. The van der Waals surface area contributed by atoms with Gasteiger partial charge in [0.1, 0.15) is 0 Å². The van der Waals surface area contributed by atoms with E-state index in [0.29, 0.717) is 12.2 Å². The fourth-order valence-corrected chi connectivity index (χ4v) is 2.32. The fourth-order valence-electron chi connectivity index (χ4n) is 1.75. The van der Waals surface area contributed by atoms with Crippen molar-refractivity contribution in [2.24, 2.45) is 0 Å². The first-order chi connectivity index (χ1) is 7.63. The number of esters is 1. The molecule has 0 radical (unpaired) electrons. The van der Waals surface area contributed by atoms with E-state index in [9.17, 15) is 4.79 Å². The van der Waals surface area contributed by atoms with E-state index in [-0.39, 0.29) is 5.97 Å². The van der Waals surface area contributed by atoms with Gasteiger partial charge in [-0.3, -0.25) is 0 Å². The molecule has 0 atom stereocenters. The lowest BCUT2D eigenvalue weighted by molar-refractivity contribution is 0.0529. The van der Waals surface area contributed by atoms with Gasteiger partial charge in [-0.15, -0.1) is 0 Å². The Morgan fingerprint density at radius 1 is 1.50 bits per heavy atom. The van der Waals surface area contributed by atoms with Gasteiger partial charge in [-0.2, -0.15) is 0 Å². The van der Waals surface area contributed by atoms with E-state index in [0.717, 1.165) is 20.9 Å². The topological polar surface area (TPSA) is 42.1 Å². The normalized spacial score (nSPS) is 10.7. The second kappa shape index (κ2) is 4.29. The average Bonchev–Trinajstić information content (AvgIpc) is 2.61. The number of benzene rings is 1. The highest BCUT2D eigenvalue weighted by Gasteiger charge is 2.14. The fraction of sp³-hybridized carbons (Fsp3) is 0.250. The predicted molar refractivity (Wildman–Crippen MR) is 66.7 cm³/mol. The standard InChI is InChI=1S/C12H12BrNO2/c1-3-16-12(15)10-6-14-11-7(2)4-8(13)5-9(10)11/h4-6,14H,3H2,1-2H3. The van der Waals surface area contributed by atoms with Crippen LogP contribution in [-0.4, -0.2) is 17.6 Å². The maximum Gasteiger partial charge on any atom is 0.340 e. The lowest BCUT2D eigenvalue weighted by Crippen LogP contribution is -2.03. The Morgan fingerprint density at radius 2 is 2.25 bits per heavy atom. The molecule has 0 aliphatic rings. The van der Waals surface area contributed by atoms with Crippen LogP contribution in [0.2, 0.25) is 0 Å². The van der Waals surface area contributed by atoms with Crippen LogP contribution in [0.3, 0.4) is 0 Å². The summed E-state index contributed by atoms with van der Waals surface area (Å²) in [5.74, 6) is -0.286. The van der Waals surface area contributed by atoms with E-state index in [1.54, 1.807) is 13.1 Å². The largest absolute Gasteiger partial charge is 0.462 e. The summed E-state index contributed by atoms with van der Waals surface area (Å²) in [6.07, 6.45) is 1.70. The number of ether oxygens (including phenoxy) is 1. The number of nitrogens with one attached hydrogen (secondary N) is 1. The van der Waals surface area contributed by atoms with Crippen molar-refractivity contribution in [1.82, 2.24) is 4.98 Å². The van der Waals surface area contributed by atoms with Crippen molar-refractivity contribution in [3.05, 3.63) is 33.9 Å². The van der Waals surface area contributed by atoms with E-state index in [1.807, 2.05) is 19.1 Å². The highest BCUT2D eigenvalue weighted by atomic mass is 79.9. The summed E-state index contributed by atoms with van der Waals surface area (Å²) >= 11 is 3.42. The Morgan fingerprint density at radius 3 is 2.94 bits per heavy atom. The van der Waals surface area contributed by atoms with Crippen molar-refractivity contribution < 1.29 is 9.53 Å². The lowest BCUT2D eigenvalue weighted by atomic mass is 10.1. The summed E-state index contributed by atoms with van der Waals surface area (Å²) in [5.41, 5.74) is 2.66. The SMILES string of the molecule is CCOC(=O)c1c[nH]c2c(C)cc(Br)cc12. The molecule has 16 heavy (non-hydrogen) atoms. The monoisotopic (exact) mass is 281 g/mol. The number of H-pyrrole nitrogens is 1. The highest BCUT2D eigenvalue weighted by Crippen LogP contribution is 2.26. The van der Waals surface area contributed by atoms with Crippen LogP contribution in [0.4, 0.5) is 0 Å². The Kier molecular flexibility index (Phi) is 3.01. The van der Waals surface area contributed by atoms with Crippen molar-refractivity contribution >= 4 is 32.8 Å². The van der Waals surface area contributed by atoms with Crippen LogP contribution in [0.15, 0.2) is 22.8 Å². The van der Waals surface area contributed by atoms with Gasteiger partial charge < -0.3 is 9.72 Å². The molecule has 0 saturated carbocycles. The third kappa shape index (κ3) is 1.85. The van der Waals surface area contributed by atoms with E-state index in [2.05, 4.69) is 20.9 Å². The maximum absolute atomic E-state index is 11.7. The molecule has 1 aromatic heterocycles. The van der Waals surface area contributed by atoms with Crippen molar-refractivity contribution in [3.63, 3.8) is 0 Å². The summed E-state index contributed by atoms with van der Waals surface area (Å²) in [7, 11) is 0. The number of hydrogen-bond donors (Lipinski definition) is 1. The third-order valence-electron chi connectivity index (χ3n) is 2.45. The molecule has 0 bridgehead atoms. The van der Waals surface area contributed by atoms with Gasteiger partial charge in [-0.05, 0) is 31.5 Å². The molecule has 0 amide bonds. The van der Waals surface area contributed by atoms with Crippen LogP contribution in [0, 0.1) is 6.92 Å². The van der Waals surface area contributed by atoms with E-state index in [1.165, 1.54) is 0 Å². The molecule has 0 fully saturated rings. The van der Waals surface area contributed by atoms with Crippen LogP contribution in [-0.2, 0) is 4.74 Å². The first-order valence-electron chi connectivity index (χ1n) is 5.08. The van der Waals surface area contributed by atoms with Gasteiger partial charge in [0.05, 0.1) is 12.2 Å². The molecule has 1 aromatic carbocycles. The predicted octanol–water partition coefficient (Wildman–Crippen LogP) is 3.42. The molecule has 0 spiro atoms. The number of hydrogen-bond acceptors (Lipinski definition) is 2. The van der Waals surface area contributed by atoms with Crippen molar-refractivity contribution in [1.29, 1.82) is 0 Å². The van der Waals surface area contributed by atoms with Crippen molar-refractivity contribution in [2.75, 3.05) is 6.61 Å². The van der Waals surface area contributed by atoms with Crippen molar-refractivity contribution in [2.45, 2.75) is 13.8 Å². The summed E-state index contributed by atoms with van der Waals surface area (Å²) in [4.78, 5) is 14.8. The first-order valence-corrected chi connectivity index (χ1v) is 5.87. The molecule has 0 unspecified atom stereocenters. The van der Waals surface area contributed by atoms with Gasteiger partial charge >= 0.3 is 5.97 Å². The number of carbonyl (C=O) groups excluding carboxylic acids is 1. The lowest BCUT2D eigenvalue weighted by Gasteiger charge is -2.01. The summed E-state index contributed by atoms with van der Waals surface area (Å²) in [6, 6.07) is 3.93. The molecule has 0 aliphatic heterocycles. The minimum absolute atomic E-state index is 0.286. The van der Waals surface area contributed by atoms with Crippen LogP contribution in [0.1, 0.15) is 22.8 Å². The number of carbonyl (C=O) groups is 1. The Hall–Kier alpha value is -1.29. The van der Waals surface area contributed by atoms with Crippen LogP contribution >= 0.6 is 15.9 Å². The van der Waals surface area contributed by atoms with Gasteiger partial charge in [0.25, 0.3) is 0 Å². The molecular formula is C12H12BrNO2. The molecule has 84 valence electrons. The van der Waals surface area contributed by atoms with Gasteiger partial charge in [-0.25, -0.2) is 4.79 Å². The average molecular weight is 282 g/mol. The van der Waals surface area contributed by atoms with E-state index < -0.39 is 0 Å². The molecular weight excluding hydrogens is 270 g/mol. The zero-order valence-electron chi connectivity index (χ0n) is 9.13. The summed E-state index contributed by atoms with van der Waals surface area (Å²) in [6.45, 7) is 4.19. The van der Waals surface area contributed by atoms with Crippen LogP contribution in [0.5, 0.6) is 0 Å². The molecule has 2 aromatic rings. The molecule has 0 aliphatic carbocycles. The second-order valence-electron chi connectivity index (χ2n) is 3.57. The Balaban J connectivity index is 2.60. The number of rotatable bonds is 2. The van der Waals surface area contributed by atoms with E-state index >= 15 is 0 Å². The number of halogens is 1. The van der Waals surface area contributed by atoms with Crippen LogP contribution < -0.4 is 0 Å². The minimum Gasteiger partial charge on any atom is -0.462 e. The summed E-state index contributed by atoms with van der Waals surface area (Å²) in [5, 5.41) is 0.894. The van der Waals surface area contributed by atoms with Gasteiger partial charge in [0, 0.05) is 21.6 Å². The molecule has 1 heterocycles. The zero-order valence-corrected chi connectivity index (χ0v) is 10.7. The highest BCUT2D eigenvalue weighted by molar-refractivity contribution is 9.10. The molecule has 0 saturated heterocycles. The Labute approximate surface area is 102 Å². The van der Waals surface area contributed by atoms with Gasteiger partial charge in [0.15, 0.2) is 0 Å². The number of aromatic nitrogens is 1. The Bertz CT molecular complexity index is 545.